The number of aliphatic hydroxyl groups excluding tert-OH is 4. The third kappa shape index (κ3) is 3.68. The molecule has 4 rings (SSSR count). The van der Waals surface area contributed by atoms with Crippen LogP contribution in [0.4, 0.5) is 13.2 Å². The summed E-state index contributed by atoms with van der Waals surface area (Å²) in [5.41, 5.74) is 2.11. The minimum atomic E-state index is -4.58. The highest BCUT2D eigenvalue weighted by molar-refractivity contribution is 5.82. The Bertz CT molecular complexity index is 1050. The zero-order valence-corrected chi connectivity index (χ0v) is 15.4. The van der Waals surface area contributed by atoms with Crippen LogP contribution in [0.2, 0.25) is 0 Å². The molecule has 0 bridgehead atoms. The van der Waals surface area contributed by atoms with Gasteiger partial charge in [-0.05, 0) is 34.9 Å². The lowest BCUT2D eigenvalue weighted by Crippen LogP contribution is -2.55. The molecule has 5 N–H and O–H groups in total. The number of benzene rings is 2. The van der Waals surface area contributed by atoms with Crippen LogP contribution in [-0.4, -0.2) is 61.4 Å². The van der Waals surface area contributed by atoms with Crippen LogP contribution < -0.4 is 0 Å². The standard InChI is InChI=1S/C20H19F3N2O5/c21-20(22,23)19-24-12-5-4-10(7-13(12)25-19)9-2-1-3-11(6-9)18-17(29)16(28)15(27)14(8-26)30-18/h1-7,14-18,26-29H,8H2,(H,24,25)/t14-,15-,16+,17+,18-/m1/s1. The summed E-state index contributed by atoms with van der Waals surface area (Å²) in [5, 5.41) is 39.6. The largest absolute Gasteiger partial charge is 0.449 e. The number of hydrogen-bond acceptors (Lipinski definition) is 6. The Morgan fingerprint density at radius 3 is 2.40 bits per heavy atom. The van der Waals surface area contributed by atoms with Gasteiger partial charge in [0.25, 0.3) is 0 Å². The van der Waals surface area contributed by atoms with Crippen molar-refractivity contribution in [1.29, 1.82) is 0 Å². The van der Waals surface area contributed by atoms with Crippen molar-refractivity contribution in [1.82, 2.24) is 9.97 Å². The molecule has 0 amide bonds. The molecule has 1 aromatic heterocycles. The smallest absolute Gasteiger partial charge is 0.394 e. The molecule has 10 heteroatoms. The molecule has 0 aliphatic carbocycles. The van der Waals surface area contributed by atoms with Crippen LogP contribution in [0.15, 0.2) is 42.5 Å². The van der Waals surface area contributed by atoms with E-state index >= 15 is 0 Å². The van der Waals surface area contributed by atoms with Gasteiger partial charge in [0.1, 0.15) is 30.5 Å². The number of rotatable bonds is 3. The number of imidazole rings is 1. The fourth-order valence-corrected chi connectivity index (χ4v) is 3.60. The number of fused-ring (bicyclic) bond motifs is 1. The van der Waals surface area contributed by atoms with Crippen molar-refractivity contribution in [2.75, 3.05) is 6.61 Å². The fraction of sp³-hybridized carbons (Fsp3) is 0.350. The summed E-state index contributed by atoms with van der Waals surface area (Å²) < 4.78 is 44.2. The van der Waals surface area contributed by atoms with E-state index in [1.54, 1.807) is 30.3 Å². The molecule has 30 heavy (non-hydrogen) atoms. The molecule has 0 radical (unpaired) electrons. The van der Waals surface area contributed by atoms with Gasteiger partial charge in [0.05, 0.1) is 17.6 Å². The first kappa shape index (κ1) is 20.8. The molecule has 1 saturated heterocycles. The molecule has 5 atom stereocenters. The number of aliphatic hydroxyl groups is 4. The summed E-state index contributed by atoms with van der Waals surface area (Å²) in [6.07, 6.45) is -11.0. The van der Waals surface area contributed by atoms with Crippen LogP contribution in [0.3, 0.4) is 0 Å². The Morgan fingerprint density at radius 2 is 1.70 bits per heavy atom. The van der Waals surface area contributed by atoms with Crippen molar-refractivity contribution in [2.45, 2.75) is 36.7 Å². The molecule has 7 nitrogen and oxygen atoms in total. The van der Waals surface area contributed by atoms with Crippen LogP contribution >= 0.6 is 0 Å². The number of alkyl halides is 3. The highest BCUT2D eigenvalue weighted by atomic mass is 19.4. The number of ether oxygens (including phenoxy) is 1. The summed E-state index contributed by atoms with van der Waals surface area (Å²) in [6.45, 7) is -0.542. The lowest BCUT2D eigenvalue weighted by atomic mass is 9.90. The van der Waals surface area contributed by atoms with E-state index in [4.69, 9.17) is 4.74 Å². The predicted octanol–water partition coefficient (Wildman–Crippen LogP) is 1.76. The molecule has 0 spiro atoms. The number of H-pyrrole nitrogens is 1. The highest BCUT2D eigenvalue weighted by Gasteiger charge is 2.44. The van der Waals surface area contributed by atoms with E-state index in [-0.39, 0.29) is 11.0 Å². The lowest BCUT2D eigenvalue weighted by molar-refractivity contribution is -0.231. The topological polar surface area (TPSA) is 119 Å². The maximum Gasteiger partial charge on any atom is 0.449 e. The molecule has 0 saturated carbocycles. The van der Waals surface area contributed by atoms with Crippen molar-refractivity contribution in [2.24, 2.45) is 0 Å². The minimum absolute atomic E-state index is 0.177. The number of aromatic nitrogens is 2. The van der Waals surface area contributed by atoms with Crippen molar-refractivity contribution < 1.29 is 38.3 Å². The van der Waals surface area contributed by atoms with Gasteiger partial charge in [-0.3, -0.25) is 0 Å². The van der Waals surface area contributed by atoms with Crippen LogP contribution in [0.1, 0.15) is 17.5 Å². The van der Waals surface area contributed by atoms with E-state index < -0.39 is 49.1 Å². The van der Waals surface area contributed by atoms with Gasteiger partial charge in [-0.15, -0.1) is 0 Å². The minimum Gasteiger partial charge on any atom is -0.394 e. The first-order chi connectivity index (χ1) is 14.2. The van der Waals surface area contributed by atoms with Gasteiger partial charge < -0.3 is 30.1 Å². The van der Waals surface area contributed by atoms with Gasteiger partial charge >= 0.3 is 6.18 Å². The van der Waals surface area contributed by atoms with Crippen LogP contribution in [0, 0.1) is 0 Å². The van der Waals surface area contributed by atoms with Crippen molar-refractivity contribution in [3.63, 3.8) is 0 Å². The second-order valence-corrected chi connectivity index (χ2v) is 7.19. The summed E-state index contributed by atoms with van der Waals surface area (Å²) in [6, 6.07) is 11.3. The Labute approximate surface area is 168 Å². The van der Waals surface area contributed by atoms with Crippen molar-refractivity contribution >= 4 is 11.0 Å². The van der Waals surface area contributed by atoms with Crippen LogP contribution in [-0.2, 0) is 10.9 Å². The van der Waals surface area contributed by atoms with E-state index in [0.717, 1.165) is 0 Å². The molecule has 0 unspecified atom stereocenters. The fourth-order valence-electron chi connectivity index (χ4n) is 3.60. The maximum atomic E-state index is 12.9. The van der Waals surface area contributed by atoms with Gasteiger partial charge in [0.2, 0.25) is 5.82 Å². The number of halogens is 3. The molecule has 160 valence electrons. The Hall–Kier alpha value is -2.50. The third-order valence-corrected chi connectivity index (χ3v) is 5.19. The summed E-state index contributed by atoms with van der Waals surface area (Å²) in [4.78, 5) is 5.81. The van der Waals surface area contributed by atoms with Crippen molar-refractivity contribution in [3.05, 3.63) is 53.9 Å². The van der Waals surface area contributed by atoms with E-state index in [9.17, 15) is 33.6 Å². The molecular formula is C20H19F3N2O5. The zero-order chi connectivity index (χ0) is 21.6. The van der Waals surface area contributed by atoms with Gasteiger partial charge in [0, 0.05) is 0 Å². The van der Waals surface area contributed by atoms with Gasteiger partial charge in [0.15, 0.2) is 0 Å². The SMILES string of the molecule is OC[C@H]1O[C@H](c2cccc(-c3ccc4nc(C(F)(F)F)[nH]c4c3)c2)[C@@H](O)[C@@H](O)[C@@H]1O. The Balaban J connectivity index is 1.68. The number of aromatic amines is 1. The number of nitrogens with zero attached hydrogens (tertiary/aromatic N) is 1. The lowest BCUT2D eigenvalue weighted by Gasteiger charge is -2.40. The molecule has 1 aliphatic heterocycles. The van der Waals surface area contributed by atoms with Gasteiger partial charge in [-0.2, -0.15) is 13.2 Å². The van der Waals surface area contributed by atoms with E-state index in [2.05, 4.69) is 9.97 Å². The first-order valence-corrected chi connectivity index (χ1v) is 9.17. The predicted molar refractivity (Wildman–Crippen MR) is 99.3 cm³/mol. The first-order valence-electron chi connectivity index (χ1n) is 9.17. The van der Waals surface area contributed by atoms with Crippen LogP contribution in [0.5, 0.6) is 0 Å². The van der Waals surface area contributed by atoms with Crippen molar-refractivity contribution in [3.8, 4) is 11.1 Å². The molecule has 2 heterocycles. The Morgan fingerprint density at radius 1 is 0.967 bits per heavy atom. The average Bonchev–Trinajstić information content (AvgIpc) is 3.16. The van der Waals surface area contributed by atoms with E-state index in [1.807, 2.05) is 0 Å². The zero-order valence-electron chi connectivity index (χ0n) is 15.4. The third-order valence-electron chi connectivity index (χ3n) is 5.19. The van der Waals surface area contributed by atoms with E-state index in [0.29, 0.717) is 16.7 Å². The molecular weight excluding hydrogens is 405 g/mol. The average molecular weight is 424 g/mol. The quantitative estimate of drug-likeness (QED) is 0.437. The highest BCUT2D eigenvalue weighted by Crippen LogP contribution is 2.35. The second-order valence-electron chi connectivity index (χ2n) is 7.19. The monoisotopic (exact) mass is 424 g/mol. The van der Waals surface area contributed by atoms with Crippen LogP contribution in [0.25, 0.3) is 22.2 Å². The van der Waals surface area contributed by atoms with Gasteiger partial charge in [-0.25, -0.2) is 4.98 Å². The molecule has 2 aromatic carbocycles. The number of nitrogens with one attached hydrogen (secondary N) is 1. The normalized spacial score (nSPS) is 27.5. The van der Waals surface area contributed by atoms with E-state index in [1.165, 1.54) is 12.1 Å². The molecule has 1 fully saturated rings. The maximum absolute atomic E-state index is 12.9. The summed E-state index contributed by atoms with van der Waals surface area (Å²) in [7, 11) is 0. The Kier molecular flexibility index (Phi) is 5.28. The molecule has 1 aliphatic rings. The molecule has 3 aromatic rings. The summed E-state index contributed by atoms with van der Waals surface area (Å²) in [5.74, 6) is -1.08. The second kappa shape index (κ2) is 7.64. The number of hydrogen-bond donors (Lipinski definition) is 5. The summed E-state index contributed by atoms with van der Waals surface area (Å²) >= 11 is 0. The van der Waals surface area contributed by atoms with Gasteiger partial charge in [-0.1, -0.05) is 24.3 Å².